The highest BCUT2D eigenvalue weighted by atomic mass is 32.1. The highest BCUT2D eigenvalue weighted by molar-refractivity contribution is 7.09. The maximum Gasteiger partial charge on any atom is 0.254 e. The van der Waals surface area contributed by atoms with E-state index in [1.54, 1.807) is 15.9 Å². The number of nitrogens with zero attached hydrogens (tertiary/aromatic N) is 5. The van der Waals surface area contributed by atoms with Gasteiger partial charge < -0.3 is 4.90 Å². The molecule has 0 saturated heterocycles. The van der Waals surface area contributed by atoms with Crippen LogP contribution in [0, 0.1) is 6.92 Å². The van der Waals surface area contributed by atoms with E-state index < -0.39 is 0 Å². The lowest BCUT2D eigenvalue weighted by molar-refractivity contribution is 0.834. The molecule has 18 heavy (non-hydrogen) atoms. The highest BCUT2D eigenvalue weighted by Crippen LogP contribution is 2.18. The standard InChI is InChI=1S/C12H13N5S/c1-9-6-11(17-12(15-9)13-8-14-17)16(2)7-10-4-3-5-18-10/h3-6,8H,7H2,1-2H3. The average molecular weight is 259 g/mol. The SMILES string of the molecule is Cc1cc(N(C)Cc2cccs2)n2ncnc2n1. The summed E-state index contributed by atoms with van der Waals surface area (Å²) in [6.07, 6.45) is 1.53. The van der Waals surface area contributed by atoms with Crippen LogP contribution in [-0.4, -0.2) is 26.6 Å². The van der Waals surface area contributed by atoms with Gasteiger partial charge in [0.15, 0.2) is 0 Å². The molecule has 0 fully saturated rings. The Balaban J connectivity index is 2.00. The number of thiophene rings is 1. The van der Waals surface area contributed by atoms with Gasteiger partial charge in [-0.1, -0.05) is 6.07 Å². The van der Waals surface area contributed by atoms with E-state index in [0.29, 0.717) is 5.78 Å². The molecule has 0 N–H and O–H groups in total. The highest BCUT2D eigenvalue weighted by Gasteiger charge is 2.10. The summed E-state index contributed by atoms with van der Waals surface area (Å²) in [5.41, 5.74) is 0.948. The maximum atomic E-state index is 4.34. The van der Waals surface area contributed by atoms with Crippen molar-refractivity contribution in [2.24, 2.45) is 0 Å². The Labute approximate surface area is 109 Å². The normalized spacial score (nSPS) is 11.0. The van der Waals surface area contributed by atoms with E-state index >= 15 is 0 Å². The molecular formula is C12H13N5S. The molecule has 6 heteroatoms. The second-order valence-corrected chi connectivity index (χ2v) is 5.20. The quantitative estimate of drug-likeness (QED) is 0.723. The van der Waals surface area contributed by atoms with Crippen molar-refractivity contribution in [3.8, 4) is 0 Å². The number of anilines is 1. The molecule has 3 aromatic rings. The summed E-state index contributed by atoms with van der Waals surface area (Å²) in [6, 6.07) is 6.22. The van der Waals surface area contributed by atoms with E-state index in [1.165, 1.54) is 11.2 Å². The van der Waals surface area contributed by atoms with Crippen molar-refractivity contribution < 1.29 is 0 Å². The molecule has 0 aromatic carbocycles. The van der Waals surface area contributed by atoms with Gasteiger partial charge in [0, 0.05) is 23.7 Å². The molecule has 0 bridgehead atoms. The molecule has 0 radical (unpaired) electrons. The summed E-state index contributed by atoms with van der Waals surface area (Å²) >= 11 is 1.75. The molecule has 3 aromatic heterocycles. The van der Waals surface area contributed by atoms with Crippen LogP contribution in [0.25, 0.3) is 5.78 Å². The van der Waals surface area contributed by atoms with Crippen LogP contribution in [0.5, 0.6) is 0 Å². The van der Waals surface area contributed by atoms with Gasteiger partial charge in [-0.05, 0) is 18.4 Å². The molecule has 92 valence electrons. The van der Waals surface area contributed by atoms with Gasteiger partial charge in [-0.3, -0.25) is 0 Å². The Morgan fingerprint density at radius 1 is 1.44 bits per heavy atom. The minimum atomic E-state index is 0.642. The fourth-order valence-corrected chi connectivity index (χ4v) is 2.66. The Morgan fingerprint density at radius 2 is 2.33 bits per heavy atom. The molecule has 0 saturated carbocycles. The molecular weight excluding hydrogens is 246 g/mol. The van der Waals surface area contributed by atoms with Crippen LogP contribution in [-0.2, 0) is 6.54 Å². The zero-order valence-corrected chi connectivity index (χ0v) is 11.1. The van der Waals surface area contributed by atoms with Gasteiger partial charge in [0.1, 0.15) is 12.1 Å². The summed E-state index contributed by atoms with van der Waals surface area (Å²) in [4.78, 5) is 12.0. The molecule has 0 amide bonds. The minimum Gasteiger partial charge on any atom is -0.354 e. The lowest BCUT2D eigenvalue weighted by Crippen LogP contribution is -2.19. The van der Waals surface area contributed by atoms with Gasteiger partial charge in [0.05, 0.1) is 6.54 Å². The Bertz CT molecular complexity index is 658. The third-order valence-electron chi connectivity index (χ3n) is 2.73. The predicted octanol–water partition coefficient (Wildman–Crippen LogP) is 2.13. The summed E-state index contributed by atoms with van der Waals surface area (Å²) in [7, 11) is 2.05. The van der Waals surface area contributed by atoms with Crippen molar-refractivity contribution in [1.29, 1.82) is 0 Å². The first-order valence-electron chi connectivity index (χ1n) is 5.65. The van der Waals surface area contributed by atoms with E-state index in [0.717, 1.165) is 18.1 Å². The second-order valence-electron chi connectivity index (χ2n) is 4.16. The predicted molar refractivity (Wildman–Crippen MR) is 71.9 cm³/mol. The van der Waals surface area contributed by atoms with Crippen LogP contribution in [0.4, 0.5) is 5.82 Å². The summed E-state index contributed by atoms with van der Waals surface area (Å²) < 4.78 is 1.76. The number of aromatic nitrogens is 4. The van der Waals surface area contributed by atoms with Crippen LogP contribution in [0.1, 0.15) is 10.6 Å². The summed E-state index contributed by atoms with van der Waals surface area (Å²) in [5.74, 6) is 1.64. The van der Waals surface area contributed by atoms with Crippen molar-refractivity contribution in [1.82, 2.24) is 19.6 Å². The van der Waals surface area contributed by atoms with Crippen LogP contribution in [0.2, 0.25) is 0 Å². The van der Waals surface area contributed by atoms with Gasteiger partial charge in [0.2, 0.25) is 0 Å². The van der Waals surface area contributed by atoms with Crippen molar-refractivity contribution in [3.63, 3.8) is 0 Å². The Hall–Kier alpha value is -1.95. The van der Waals surface area contributed by atoms with E-state index in [9.17, 15) is 0 Å². The molecule has 0 spiro atoms. The third kappa shape index (κ3) is 1.95. The molecule has 0 atom stereocenters. The summed E-state index contributed by atoms with van der Waals surface area (Å²) in [5, 5.41) is 6.30. The van der Waals surface area contributed by atoms with E-state index in [1.807, 2.05) is 13.0 Å². The van der Waals surface area contributed by atoms with Crippen LogP contribution in [0.3, 0.4) is 0 Å². The number of rotatable bonds is 3. The van der Waals surface area contributed by atoms with Crippen molar-refractivity contribution >= 4 is 22.9 Å². The second kappa shape index (κ2) is 4.38. The Kier molecular flexibility index (Phi) is 2.71. The zero-order valence-electron chi connectivity index (χ0n) is 10.2. The summed E-state index contributed by atoms with van der Waals surface area (Å²) in [6.45, 7) is 2.83. The van der Waals surface area contributed by atoms with Gasteiger partial charge in [-0.2, -0.15) is 14.6 Å². The first-order valence-corrected chi connectivity index (χ1v) is 6.53. The minimum absolute atomic E-state index is 0.642. The van der Waals surface area contributed by atoms with Crippen LogP contribution in [0.15, 0.2) is 29.9 Å². The zero-order chi connectivity index (χ0) is 12.5. The topological polar surface area (TPSA) is 46.3 Å². The lowest BCUT2D eigenvalue weighted by atomic mass is 10.4. The molecule has 0 aliphatic rings. The first-order chi connectivity index (χ1) is 8.74. The lowest BCUT2D eigenvalue weighted by Gasteiger charge is -2.19. The van der Waals surface area contributed by atoms with Crippen molar-refractivity contribution in [3.05, 3.63) is 40.5 Å². The third-order valence-corrected chi connectivity index (χ3v) is 3.59. The maximum absolute atomic E-state index is 4.34. The van der Waals surface area contributed by atoms with Crippen molar-refractivity contribution in [2.45, 2.75) is 13.5 Å². The molecule has 3 rings (SSSR count). The number of hydrogen-bond donors (Lipinski definition) is 0. The molecule has 5 nitrogen and oxygen atoms in total. The van der Waals surface area contributed by atoms with Gasteiger partial charge in [-0.25, -0.2) is 4.98 Å². The van der Waals surface area contributed by atoms with E-state index in [4.69, 9.17) is 0 Å². The fraction of sp³-hybridized carbons (Fsp3) is 0.250. The molecule has 3 heterocycles. The van der Waals surface area contributed by atoms with E-state index in [2.05, 4.69) is 44.5 Å². The number of hydrogen-bond acceptors (Lipinski definition) is 5. The first kappa shape index (κ1) is 11.2. The van der Waals surface area contributed by atoms with Crippen LogP contribution < -0.4 is 4.90 Å². The smallest absolute Gasteiger partial charge is 0.254 e. The fourth-order valence-electron chi connectivity index (χ4n) is 1.90. The molecule has 0 aliphatic heterocycles. The number of fused-ring (bicyclic) bond motifs is 1. The monoisotopic (exact) mass is 259 g/mol. The van der Waals surface area contributed by atoms with Gasteiger partial charge in [-0.15, -0.1) is 11.3 Å². The van der Waals surface area contributed by atoms with Gasteiger partial charge in [0.25, 0.3) is 5.78 Å². The van der Waals surface area contributed by atoms with Crippen LogP contribution >= 0.6 is 11.3 Å². The van der Waals surface area contributed by atoms with E-state index in [-0.39, 0.29) is 0 Å². The van der Waals surface area contributed by atoms with Gasteiger partial charge >= 0.3 is 0 Å². The Morgan fingerprint density at radius 3 is 3.11 bits per heavy atom. The average Bonchev–Trinajstić information content (AvgIpc) is 2.97. The molecule has 0 aliphatic carbocycles. The largest absolute Gasteiger partial charge is 0.354 e. The number of aryl methyl sites for hydroxylation is 1. The van der Waals surface area contributed by atoms with Crippen molar-refractivity contribution in [2.75, 3.05) is 11.9 Å². The molecule has 0 unspecified atom stereocenters.